The fraction of sp³-hybridized carbons (Fsp3) is 0.111. The summed E-state index contributed by atoms with van der Waals surface area (Å²) in [5.41, 5.74) is 2.21. The standard InChI is InChI=1S/C18H13BrClNO3/c1-24-16(22)9-14-13-6-5-12(20)8-15(13)21-17(14)18(23)10-3-2-4-11(19)7-10/h2-8,21H,9H2,1H3. The Kier molecular flexibility index (Phi) is 4.73. The Hall–Kier alpha value is -2.11. The summed E-state index contributed by atoms with van der Waals surface area (Å²) in [5.74, 6) is -0.600. The van der Waals surface area contributed by atoms with Crippen LogP contribution in [-0.4, -0.2) is 23.8 Å². The van der Waals surface area contributed by atoms with Gasteiger partial charge in [0, 0.05) is 31.5 Å². The van der Waals surface area contributed by atoms with Crippen molar-refractivity contribution in [1.29, 1.82) is 0 Å². The van der Waals surface area contributed by atoms with E-state index in [1.165, 1.54) is 7.11 Å². The number of halogens is 2. The van der Waals surface area contributed by atoms with Crippen LogP contribution in [-0.2, 0) is 16.0 Å². The normalized spacial score (nSPS) is 10.8. The van der Waals surface area contributed by atoms with Gasteiger partial charge in [-0.05, 0) is 24.3 Å². The molecule has 0 amide bonds. The van der Waals surface area contributed by atoms with E-state index < -0.39 is 5.97 Å². The fourth-order valence-corrected chi connectivity index (χ4v) is 3.17. The van der Waals surface area contributed by atoms with Crippen LogP contribution in [0.3, 0.4) is 0 Å². The number of nitrogens with one attached hydrogen (secondary N) is 1. The van der Waals surface area contributed by atoms with Crippen molar-refractivity contribution in [3.05, 3.63) is 68.8 Å². The maximum absolute atomic E-state index is 12.9. The predicted molar refractivity (Wildman–Crippen MR) is 96.6 cm³/mol. The predicted octanol–water partition coefficient (Wildman–Crippen LogP) is 4.53. The number of rotatable bonds is 4. The minimum absolute atomic E-state index is 0.00715. The maximum Gasteiger partial charge on any atom is 0.310 e. The molecule has 0 fully saturated rings. The Bertz CT molecular complexity index is 949. The molecule has 0 atom stereocenters. The Morgan fingerprint density at radius 2 is 2.00 bits per heavy atom. The van der Waals surface area contributed by atoms with Crippen LogP contribution in [0.4, 0.5) is 0 Å². The second-order valence-corrected chi connectivity index (χ2v) is 6.61. The van der Waals surface area contributed by atoms with Gasteiger partial charge in [0.1, 0.15) is 0 Å². The van der Waals surface area contributed by atoms with Gasteiger partial charge in [-0.3, -0.25) is 9.59 Å². The molecule has 0 radical (unpaired) electrons. The monoisotopic (exact) mass is 405 g/mol. The lowest BCUT2D eigenvalue weighted by atomic mass is 10.0. The molecular formula is C18H13BrClNO3. The van der Waals surface area contributed by atoms with Gasteiger partial charge in [0.15, 0.2) is 0 Å². The summed E-state index contributed by atoms with van der Waals surface area (Å²) in [6.45, 7) is 0. The molecule has 0 aliphatic heterocycles. The second kappa shape index (κ2) is 6.79. The molecule has 122 valence electrons. The first-order valence-electron chi connectivity index (χ1n) is 7.17. The van der Waals surface area contributed by atoms with Crippen LogP contribution in [0.2, 0.25) is 5.02 Å². The quantitative estimate of drug-likeness (QED) is 0.511. The van der Waals surface area contributed by atoms with Crippen molar-refractivity contribution in [2.24, 2.45) is 0 Å². The van der Waals surface area contributed by atoms with Crippen LogP contribution in [0.1, 0.15) is 21.6 Å². The van der Waals surface area contributed by atoms with Crippen LogP contribution >= 0.6 is 27.5 Å². The number of aromatic amines is 1. The molecule has 0 bridgehead atoms. The molecule has 6 heteroatoms. The van der Waals surface area contributed by atoms with Crippen molar-refractivity contribution in [1.82, 2.24) is 4.98 Å². The van der Waals surface area contributed by atoms with Gasteiger partial charge in [-0.1, -0.05) is 45.7 Å². The van der Waals surface area contributed by atoms with E-state index in [0.717, 1.165) is 9.86 Å². The second-order valence-electron chi connectivity index (χ2n) is 5.26. The Labute approximate surface area is 151 Å². The van der Waals surface area contributed by atoms with Gasteiger partial charge in [-0.15, -0.1) is 0 Å². The first-order valence-corrected chi connectivity index (χ1v) is 8.34. The summed E-state index contributed by atoms with van der Waals surface area (Å²) in [4.78, 5) is 27.8. The van der Waals surface area contributed by atoms with E-state index in [1.54, 1.807) is 36.4 Å². The third-order valence-electron chi connectivity index (χ3n) is 3.73. The van der Waals surface area contributed by atoms with Crippen LogP contribution < -0.4 is 0 Å². The molecule has 3 rings (SSSR count). The van der Waals surface area contributed by atoms with Crippen molar-refractivity contribution in [3.8, 4) is 0 Å². The molecule has 0 saturated heterocycles. The number of hydrogen-bond donors (Lipinski definition) is 1. The third kappa shape index (κ3) is 3.23. The smallest absolute Gasteiger partial charge is 0.310 e. The number of esters is 1. The molecule has 1 N–H and O–H groups in total. The number of fused-ring (bicyclic) bond motifs is 1. The number of H-pyrrole nitrogens is 1. The molecule has 1 aromatic heterocycles. The minimum Gasteiger partial charge on any atom is -0.469 e. The van der Waals surface area contributed by atoms with E-state index in [0.29, 0.717) is 27.4 Å². The number of hydrogen-bond acceptors (Lipinski definition) is 3. The number of ketones is 1. The summed E-state index contributed by atoms with van der Waals surface area (Å²) in [6, 6.07) is 12.4. The third-order valence-corrected chi connectivity index (χ3v) is 4.46. The topological polar surface area (TPSA) is 59.2 Å². The SMILES string of the molecule is COC(=O)Cc1c(C(=O)c2cccc(Br)c2)[nH]c2cc(Cl)ccc12. The summed E-state index contributed by atoms with van der Waals surface area (Å²) >= 11 is 9.39. The van der Waals surface area contributed by atoms with Gasteiger partial charge in [0.25, 0.3) is 0 Å². The zero-order chi connectivity index (χ0) is 17.3. The highest BCUT2D eigenvalue weighted by atomic mass is 79.9. The lowest BCUT2D eigenvalue weighted by Crippen LogP contribution is -2.10. The minimum atomic E-state index is -0.408. The summed E-state index contributed by atoms with van der Waals surface area (Å²) in [7, 11) is 1.32. The van der Waals surface area contributed by atoms with Crippen molar-refractivity contribution in [3.63, 3.8) is 0 Å². The van der Waals surface area contributed by atoms with E-state index in [9.17, 15) is 9.59 Å². The molecule has 0 aliphatic carbocycles. The molecule has 0 spiro atoms. The number of carbonyl (C=O) groups excluding carboxylic acids is 2. The van der Waals surface area contributed by atoms with Crippen LogP contribution in [0, 0.1) is 0 Å². The number of ether oxygens (including phenoxy) is 1. The molecule has 0 unspecified atom stereocenters. The van der Waals surface area contributed by atoms with Crippen molar-refractivity contribution < 1.29 is 14.3 Å². The number of methoxy groups -OCH3 is 1. The van der Waals surface area contributed by atoms with Crippen LogP contribution in [0.25, 0.3) is 10.9 Å². The summed E-state index contributed by atoms with van der Waals surface area (Å²) in [6.07, 6.45) is 0.00715. The summed E-state index contributed by atoms with van der Waals surface area (Å²) in [5, 5.41) is 1.33. The van der Waals surface area contributed by atoms with Gasteiger partial charge in [0.2, 0.25) is 5.78 Å². The van der Waals surface area contributed by atoms with Gasteiger partial charge < -0.3 is 9.72 Å². The Morgan fingerprint density at radius 1 is 1.21 bits per heavy atom. The van der Waals surface area contributed by atoms with Gasteiger partial charge in [0.05, 0.1) is 19.2 Å². The van der Waals surface area contributed by atoms with E-state index >= 15 is 0 Å². The van der Waals surface area contributed by atoms with Crippen molar-refractivity contribution in [2.45, 2.75) is 6.42 Å². The molecule has 0 aliphatic rings. The van der Waals surface area contributed by atoms with E-state index in [-0.39, 0.29) is 12.2 Å². The molecule has 2 aromatic carbocycles. The zero-order valence-corrected chi connectivity index (χ0v) is 15.1. The Balaban J connectivity index is 2.16. The number of aromatic nitrogens is 1. The molecule has 0 saturated carbocycles. The molecule has 3 aromatic rings. The van der Waals surface area contributed by atoms with E-state index in [2.05, 4.69) is 20.9 Å². The maximum atomic E-state index is 12.9. The number of benzene rings is 2. The van der Waals surface area contributed by atoms with Crippen LogP contribution in [0.15, 0.2) is 46.9 Å². The molecule has 4 nitrogen and oxygen atoms in total. The van der Waals surface area contributed by atoms with Gasteiger partial charge in [-0.25, -0.2) is 0 Å². The first kappa shape index (κ1) is 16.7. The molecule has 24 heavy (non-hydrogen) atoms. The highest BCUT2D eigenvalue weighted by molar-refractivity contribution is 9.10. The van der Waals surface area contributed by atoms with Crippen LogP contribution in [0.5, 0.6) is 0 Å². The van der Waals surface area contributed by atoms with E-state index in [4.69, 9.17) is 16.3 Å². The van der Waals surface area contributed by atoms with Crippen molar-refractivity contribution >= 4 is 50.2 Å². The highest BCUT2D eigenvalue weighted by Crippen LogP contribution is 2.28. The molecule has 1 heterocycles. The average Bonchev–Trinajstić information content (AvgIpc) is 2.91. The van der Waals surface area contributed by atoms with Gasteiger partial charge >= 0.3 is 5.97 Å². The molecular weight excluding hydrogens is 394 g/mol. The summed E-state index contributed by atoms with van der Waals surface area (Å²) < 4.78 is 5.57. The average molecular weight is 407 g/mol. The number of carbonyl (C=O) groups is 2. The largest absolute Gasteiger partial charge is 0.469 e. The fourth-order valence-electron chi connectivity index (χ4n) is 2.60. The highest BCUT2D eigenvalue weighted by Gasteiger charge is 2.21. The van der Waals surface area contributed by atoms with Gasteiger partial charge in [-0.2, -0.15) is 0 Å². The lowest BCUT2D eigenvalue weighted by Gasteiger charge is -2.04. The Morgan fingerprint density at radius 3 is 2.71 bits per heavy atom. The van der Waals surface area contributed by atoms with E-state index in [1.807, 2.05) is 6.07 Å². The lowest BCUT2D eigenvalue weighted by molar-refractivity contribution is -0.139. The first-order chi connectivity index (χ1) is 11.5. The zero-order valence-electron chi connectivity index (χ0n) is 12.7. The van der Waals surface area contributed by atoms with Crippen molar-refractivity contribution in [2.75, 3.05) is 7.11 Å².